The van der Waals surface area contributed by atoms with Crippen molar-refractivity contribution in [1.82, 2.24) is 4.90 Å². The predicted molar refractivity (Wildman–Crippen MR) is 106 cm³/mol. The third-order valence-electron chi connectivity index (χ3n) is 3.87. The van der Waals surface area contributed by atoms with Gasteiger partial charge >= 0.3 is 6.09 Å². The first-order chi connectivity index (χ1) is 13.1. The van der Waals surface area contributed by atoms with E-state index in [0.29, 0.717) is 31.8 Å². The Bertz CT molecular complexity index is 746. The Morgan fingerprint density at radius 2 is 1.78 bits per heavy atom. The summed E-state index contributed by atoms with van der Waals surface area (Å²) in [5.41, 5.74) is 13.5. The van der Waals surface area contributed by atoms with E-state index in [9.17, 15) is 4.79 Å². The van der Waals surface area contributed by atoms with Crippen molar-refractivity contribution in [3.8, 4) is 0 Å². The van der Waals surface area contributed by atoms with Crippen LogP contribution >= 0.6 is 0 Å². The van der Waals surface area contributed by atoms with Crippen LogP contribution in [0.1, 0.15) is 11.1 Å². The van der Waals surface area contributed by atoms with E-state index < -0.39 is 0 Å². The minimum absolute atomic E-state index is 0.0124. The first-order valence-electron chi connectivity index (χ1n) is 8.71. The zero-order valence-corrected chi connectivity index (χ0v) is 15.5. The van der Waals surface area contributed by atoms with Crippen LogP contribution in [-0.2, 0) is 22.5 Å². The molecule has 0 aromatic heterocycles. The van der Waals surface area contributed by atoms with Crippen LogP contribution in [0.5, 0.6) is 0 Å². The lowest BCUT2D eigenvalue weighted by atomic mass is 10.1. The van der Waals surface area contributed by atoms with Crippen LogP contribution < -0.4 is 11.5 Å². The molecule has 0 heterocycles. The molecular weight excluding hydrogens is 344 g/mol. The van der Waals surface area contributed by atoms with Crippen molar-refractivity contribution in [3.63, 3.8) is 0 Å². The number of hydrogen-bond donors (Lipinski definition) is 2. The number of benzene rings is 2. The lowest BCUT2D eigenvalue weighted by molar-refractivity contribution is 0.0828. The number of guanidine groups is 1. The standard InChI is InChI=1S/C20H26N4O3/c1-26-13-12-24(20(25)27-15-17-6-3-2-4-7-17)11-10-16-8-5-9-18(14-16)23-19(21)22/h2-9,14H,10-13,15H2,1H3,(H4,21,22,23). The maximum atomic E-state index is 12.4. The van der Waals surface area contributed by atoms with Gasteiger partial charge in [-0.2, -0.15) is 0 Å². The second-order valence-corrected chi connectivity index (χ2v) is 5.98. The highest BCUT2D eigenvalue weighted by Gasteiger charge is 2.15. The van der Waals surface area contributed by atoms with Crippen LogP contribution in [0.3, 0.4) is 0 Å². The van der Waals surface area contributed by atoms with E-state index in [0.717, 1.165) is 11.1 Å². The van der Waals surface area contributed by atoms with Gasteiger partial charge in [0.2, 0.25) is 0 Å². The summed E-state index contributed by atoms with van der Waals surface area (Å²) in [5.74, 6) is 0.0124. The highest BCUT2D eigenvalue weighted by Crippen LogP contribution is 2.15. The zero-order chi connectivity index (χ0) is 19.5. The van der Waals surface area contributed by atoms with E-state index in [2.05, 4.69) is 4.99 Å². The van der Waals surface area contributed by atoms with Crippen LogP contribution in [0.2, 0.25) is 0 Å². The Balaban J connectivity index is 1.95. The summed E-state index contributed by atoms with van der Waals surface area (Å²) in [4.78, 5) is 18.1. The SMILES string of the molecule is COCCN(CCc1cccc(N=C(N)N)c1)C(=O)OCc1ccccc1. The van der Waals surface area contributed by atoms with Gasteiger partial charge in [0.15, 0.2) is 5.96 Å². The number of aliphatic imine (C=N–C) groups is 1. The van der Waals surface area contributed by atoms with Crippen LogP contribution in [0.15, 0.2) is 59.6 Å². The normalized spacial score (nSPS) is 10.3. The second kappa shape index (κ2) is 10.8. The summed E-state index contributed by atoms with van der Waals surface area (Å²) in [5, 5.41) is 0. The lowest BCUT2D eigenvalue weighted by Gasteiger charge is -2.22. The Labute approximate surface area is 159 Å². The maximum absolute atomic E-state index is 12.4. The first kappa shape index (κ1) is 20.3. The predicted octanol–water partition coefficient (Wildman–Crippen LogP) is 2.42. The molecule has 7 heteroatoms. The van der Waals surface area contributed by atoms with Crippen LogP contribution in [0.4, 0.5) is 10.5 Å². The van der Waals surface area contributed by atoms with E-state index in [-0.39, 0.29) is 18.7 Å². The highest BCUT2D eigenvalue weighted by molar-refractivity contribution is 5.79. The van der Waals surface area contributed by atoms with Crippen molar-refractivity contribution < 1.29 is 14.3 Å². The average molecular weight is 370 g/mol. The molecule has 0 atom stereocenters. The number of methoxy groups -OCH3 is 1. The van der Waals surface area contributed by atoms with Crippen LogP contribution in [0.25, 0.3) is 0 Å². The molecule has 7 nitrogen and oxygen atoms in total. The summed E-state index contributed by atoms with van der Waals surface area (Å²) in [6.45, 7) is 1.64. The maximum Gasteiger partial charge on any atom is 0.410 e. The summed E-state index contributed by atoms with van der Waals surface area (Å²) in [7, 11) is 1.60. The van der Waals surface area contributed by atoms with Crippen molar-refractivity contribution in [1.29, 1.82) is 0 Å². The van der Waals surface area contributed by atoms with E-state index in [1.165, 1.54) is 0 Å². The summed E-state index contributed by atoms with van der Waals surface area (Å²) in [6.07, 6.45) is 0.286. The molecule has 0 saturated heterocycles. The summed E-state index contributed by atoms with van der Waals surface area (Å²) >= 11 is 0. The van der Waals surface area contributed by atoms with Crippen molar-refractivity contribution in [2.45, 2.75) is 13.0 Å². The van der Waals surface area contributed by atoms with Gasteiger partial charge in [0.1, 0.15) is 6.61 Å². The molecule has 0 aliphatic rings. The molecule has 0 aliphatic carbocycles. The van der Waals surface area contributed by atoms with Gasteiger partial charge in [-0.3, -0.25) is 0 Å². The molecule has 144 valence electrons. The number of carbonyl (C=O) groups is 1. The smallest absolute Gasteiger partial charge is 0.410 e. The second-order valence-electron chi connectivity index (χ2n) is 5.98. The highest BCUT2D eigenvalue weighted by atomic mass is 16.6. The van der Waals surface area contributed by atoms with Crippen molar-refractivity contribution in [3.05, 3.63) is 65.7 Å². The number of nitrogens with zero attached hydrogens (tertiary/aromatic N) is 2. The molecule has 0 spiro atoms. The Morgan fingerprint density at radius 3 is 2.48 bits per heavy atom. The molecule has 0 aliphatic heterocycles. The molecular formula is C20H26N4O3. The molecule has 0 unspecified atom stereocenters. The number of nitrogens with two attached hydrogens (primary N) is 2. The fraction of sp³-hybridized carbons (Fsp3) is 0.300. The Kier molecular flexibility index (Phi) is 8.12. The molecule has 2 aromatic rings. The number of hydrogen-bond acceptors (Lipinski definition) is 4. The third kappa shape index (κ3) is 7.37. The van der Waals surface area contributed by atoms with Crippen molar-refractivity contribution >= 4 is 17.7 Å². The van der Waals surface area contributed by atoms with E-state index in [4.69, 9.17) is 20.9 Å². The summed E-state index contributed by atoms with van der Waals surface area (Å²) < 4.78 is 10.5. The molecule has 27 heavy (non-hydrogen) atoms. The fourth-order valence-electron chi connectivity index (χ4n) is 2.50. The van der Waals surface area contributed by atoms with Gasteiger partial charge < -0.3 is 25.8 Å². The molecule has 0 fully saturated rings. The van der Waals surface area contributed by atoms with E-state index in [1.807, 2.05) is 54.6 Å². The third-order valence-corrected chi connectivity index (χ3v) is 3.87. The quantitative estimate of drug-likeness (QED) is 0.521. The van der Waals surface area contributed by atoms with Gasteiger partial charge in [-0.15, -0.1) is 0 Å². The number of carbonyl (C=O) groups excluding carboxylic acids is 1. The van der Waals surface area contributed by atoms with Crippen molar-refractivity contribution in [2.24, 2.45) is 16.5 Å². The molecule has 2 rings (SSSR count). The van der Waals surface area contributed by atoms with Gasteiger partial charge in [0.25, 0.3) is 0 Å². The van der Waals surface area contributed by atoms with Gasteiger partial charge in [0.05, 0.1) is 12.3 Å². The summed E-state index contributed by atoms with van der Waals surface area (Å²) in [6, 6.07) is 17.1. The van der Waals surface area contributed by atoms with Crippen LogP contribution in [0, 0.1) is 0 Å². The van der Waals surface area contributed by atoms with Gasteiger partial charge in [0, 0.05) is 20.2 Å². The minimum Gasteiger partial charge on any atom is -0.445 e. The molecule has 0 bridgehead atoms. The lowest BCUT2D eigenvalue weighted by Crippen LogP contribution is -2.36. The van der Waals surface area contributed by atoms with Gasteiger partial charge in [-0.1, -0.05) is 42.5 Å². The minimum atomic E-state index is -0.365. The number of ether oxygens (including phenoxy) is 2. The van der Waals surface area contributed by atoms with Gasteiger partial charge in [-0.05, 0) is 29.7 Å². The average Bonchev–Trinajstić information content (AvgIpc) is 2.67. The molecule has 2 aromatic carbocycles. The van der Waals surface area contributed by atoms with E-state index in [1.54, 1.807) is 12.0 Å². The molecule has 4 N–H and O–H groups in total. The Hall–Kier alpha value is -3.06. The first-order valence-corrected chi connectivity index (χ1v) is 8.71. The topological polar surface area (TPSA) is 103 Å². The molecule has 0 radical (unpaired) electrons. The Morgan fingerprint density at radius 1 is 1.04 bits per heavy atom. The van der Waals surface area contributed by atoms with Gasteiger partial charge in [-0.25, -0.2) is 9.79 Å². The molecule has 0 saturated carbocycles. The molecule has 1 amide bonds. The fourth-order valence-corrected chi connectivity index (χ4v) is 2.50. The van der Waals surface area contributed by atoms with E-state index >= 15 is 0 Å². The van der Waals surface area contributed by atoms with Crippen molar-refractivity contribution in [2.75, 3.05) is 26.8 Å². The van der Waals surface area contributed by atoms with Crippen LogP contribution in [-0.4, -0.2) is 43.8 Å². The number of amides is 1. The number of rotatable bonds is 9. The zero-order valence-electron chi connectivity index (χ0n) is 15.5. The largest absolute Gasteiger partial charge is 0.445 e. The monoisotopic (exact) mass is 370 g/mol.